The smallest absolute Gasteiger partial charge is 0.210 e. The van der Waals surface area contributed by atoms with E-state index in [9.17, 15) is 13.2 Å². The van der Waals surface area contributed by atoms with E-state index in [1.807, 2.05) is 24.0 Å². The number of sulfone groups is 1. The Bertz CT molecular complexity index is 812. The van der Waals surface area contributed by atoms with Crippen molar-refractivity contribution in [1.29, 1.82) is 0 Å². The first kappa shape index (κ1) is 13.8. The molecule has 1 aliphatic heterocycles. The first-order chi connectivity index (χ1) is 10.1. The Morgan fingerprint density at radius 3 is 2.48 bits per heavy atom. The number of nitrogens with zero attached hydrogens (tertiary/aromatic N) is 1. The van der Waals surface area contributed by atoms with Gasteiger partial charge in [0.25, 0.3) is 0 Å². The van der Waals surface area contributed by atoms with Crippen LogP contribution >= 0.6 is 0 Å². The molecule has 0 radical (unpaired) electrons. The molecule has 108 valence electrons. The molecule has 0 saturated carbocycles. The summed E-state index contributed by atoms with van der Waals surface area (Å²) < 4.78 is 25.5. The second kappa shape index (κ2) is 5.00. The molecule has 1 aliphatic rings. The lowest BCUT2D eigenvalue weighted by atomic mass is 10.1. The molecule has 0 aliphatic carbocycles. The van der Waals surface area contributed by atoms with Gasteiger partial charge in [-0.05, 0) is 36.8 Å². The summed E-state index contributed by atoms with van der Waals surface area (Å²) in [5, 5.41) is 0. The highest BCUT2D eigenvalue weighted by molar-refractivity contribution is 7.92. The number of fused-ring (bicyclic) bond motifs is 2. The van der Waals surface area contributed by atoms with Crippen LogP contribution < -0.4 is 4.90 Å². The van der Waals surface area contributed by atoms with E-state index in [1.54, 1.807) is 24.3 Å². The fourth-order valence-corrected chi connectivity index (χ4v) is 4.36. The summed E-state index contributed by atoms with van der Waals surface area (Å²) in [6, 6.07) is 11.8. The van der Waals surface area contributed by atoms with Crippen molar-refractivity contribution in [2.24, 2.45) is 0 Å². The van der Waals surface area contributed by atoms with Gasteiger partial charge >= 0.3 is 0 Å². The SMILES string of the molecule is CCCN1c2ccccc2S(=O)(=O)c2cc(C=O)ccc21. The molecular weight excluding hydrogens is 286 g/mol. The zero-order valence-corrected chi connectivity index (χ0v) is 12.4. The average Bonchev–Trinajstić information content (AvgIpc) is 2.51. The summed E-state index contributed by atoms with van der Waals surface area (Å²) in [4.78, 5) is 13.5. The predicted molar refractivity (Wildman–Crippen MR) is 81.0 cm³/mol. The molecule has 0 unspecified atom stereocenters. The number of hydrogen-bond donors (Lipinski definition) is 0. The lowest BCUT2D eigenvalue weighted by Crippen LogP contribution is -2.26. The molecule has 0 fully saturated rings. The van der Waals surface area contributed by atoms with Crippen LogP contribution in [0.3, 0.4) is 0 Å². The Hall–Kier alpha value is -2.14. The largest absolute Gasteiger partial charge is 0.339 e. The molecule has 5 heteroatoms. The van der Waals surface area contributed by atoms with Crippen LogP contribution in [-0.4, -0.2) is 21.2 Å². The van der Waals surface area contributed by atoms with E-state index in [0.717, 1.165) is 13.0 Å². The van der Waals surface area contributed by atoms with Crippen LogP contribution in [0.25, 0.3) is 0 Å². The maximum Gasteiger partial charge on any atom is 0.210 e. The highest BCUT2D eigenvalue weighted by atomic mass is 32.2. The van der Waals surface area contributed by atoms with Crippen molar-refractivity contribution in [1.82, 2.24) is 0 Å². The van der Waals surface area contributed by atoms with Crippen molar-refractivity contribution in [3.8, 4) is 0 Å². The molecular formula is C16H15NO3S. The van der Waals surface area contributed by atoms with Crippen LogP contribution in [-0.2, 0) is 9.84 Å². The van der Waals surface area contributed by atoms with Crippen LogP contribution in [0, 0.1) is 0 Å². The van der Waals surface area contributed by atoms with Crippen molar-refractivity contribution >= 4 is 27.5 Å². The second-order valence-corrected chi connectivity index (χ2v) is 6.85. The Balaban J connectivity index is 2.33. The highest BCUT2D eigenvalue weighted by Crippen LogP contribution is 2.44. The average molecular weight is 301 g/mol. The minimum Gasteiger partial charge on any atom is -0.339 e. The molecule has 2 aromatic carbocycles. The zero-order chi connectivity index (χ0) is 15.0. The Morgan fingerprint density at radius 2 is 1.76 bits per heavy atom. The summed E-state index contributed by atoms with van der Waals surface area (Å²) in [7, 11) is -3.59. The molecule has 0 bridgehead atoms. The normalized spacial score (nSPS) is 15.2. The topological polar surface area (TPSA) is 54.5 Å². The fraction of sp³-hybridized carbons (Fsp3) is 0.188. The number of benzene rings is 2. The standard InChI is InChI=1S/C16H15NO3S/c1-2-9-17-13-5-3-4-6-15(13)21(19,20)16-10-12(11-18)7-8-14(16)17/h3-8,10-11H,2,9H2,1H3. The number of aldehydes is 1. The van der Waals surface area contributed by atoms with Crippen LogP contribution in [0.1, 0.15) is 23.7 Å². The number of para-hydroxylation sites is 1. The van der Waals surface area contributed by atoms with Crippen molar-refractivity contribution in [3.63, 3.8) is 0 Å². The molecule has 0 N–H and O–H groups in total. The fourth-order valence-electron chi connectivity index (χ4n) is 2.66. The van der Waals surface area contributed by atoms with Gasteiger partial charge in [0, 0.05) is 12.1 Å². The minimum absolute atomic E-state index is 0.208. The van der Waals surface area contributed by atoms with Crippen LogP contribution in [0.5, 0.6) is 0 Å². The number of carbonyl (C=O) groups excluding carboxylic acids is 1. The van der Waals surface area contributed by atoms with Gasteiger partial charge in [-0.25, -0.2) is 8.42 Å². The third-order valence-electron chi connectivity index (χ3n) is 3.59. The van der Waals surface area contributed by atoms with Gasteiger partial charge < -0.3 is 4.90 Å². The molecule has 4 nitrogen and oxygen atoms in total. The van der Waals surface area contributed by atoms with Crippen LogP contribution in [0.15, 0.2) is 52.3 Å². The van der Waals surface area contributed by atoms with E-state index in [1.165, 1.54) is 6.07 Å². The van der Waals surface area contributed by atoms with Gasteiger partial charge in [-0.2, -0.15) is 0 Å². The molecule has 0 amide bonds. The lowest BCUT2D eigenvalue weighted by Gasteiger charge is -2.32. The summed E-state index contributed by atoms with van der Waals surface area (Å²) >= 11 is 0. The lowest BCUT2D eigenvalue weighted by molar-refractivity contribution is 0.112. The number of carbonyl (C=O) groups is 1. The van der Waals surface area contributed by atoms with E-state index in [2.05, 4.69) is 0 Å². The third kappa shape index (κ3) is 2.05. The minimum atomic E-state index is -3.59. The Morgan fingerprint density at radius 1 is 1.05 bits per heavy atom. The molecule has 1 heterocycles. The van der Waals surface area contributed by atoms with E-state index in [-0.39, 0.29) is 4.90 Å². The maximum atomic E-state index is 12.8. The molecule has 0 aromatic heterocycles. The van der Waals surface area contributed by atoms with Crippen molar-refractivity contribution in [3.05, 3.63) is 48.0 Å². The molecule has 0 saturated heterocycles. The third-order valence-corrected chi connectivity index (χ3v) is 5.42. The van der Waals surface area contributed by atoms with Crippen LogP contribution in [0.2, 0.25) is 0 Å². The summed E-state index contributed by atoms with van der Waals surface area (Å²) in [6.45, 7) is 2.77. The monoisotopic (exact) mass is 301 g/mol. The van der Waals surface area contributed by atoms with Crippen molar-refractivity contribution in [2.75, 3.05) is 11.4 Å². The van der Waals surface area contributed by atoms with Gasteiger partial charge in [0.05, 0.1) is 21.2 Å². The second-order valence-electron chi connectivity index (χ2n) is 4.97. The Labute approximate surface area is 123 Å². The molecule has 21 heavy (non-hydrogen) atoms. The van der Waals surface area contributed by atoms with Crippen molar-refractivity contribution in [2.45, 2.75) is 23.1 Å². The summed E-state index contributed by atoms with van der Waals surface area (Å²) in [5.41, 5.74) is 1.71. The number of rotatable bonds is 3. The quantitative estimate of drug-likeness (QED) is 0.817. The van der Waals surface area contributed by atoms with Crippen LogP contribution in [0.4, 0.5) is 11.4 Å². The highest BCUT2D eigenvalue weighted by Gasteiger charge is 2.33. The number of hydrogen-bond acceptors (Lipinski definition) is 4. The number of anilines is 2. The predicted octanol–water partition coefficient (Wildman–Crippen LogP) is 3.19. The molecule has 2 aromatic rings. The van der Waals surface area contributed by atoms with E-state index in [0.29, 0.717) is 28.1 Å². The maximum absolute atomic E-state index is 12.8. The van der Waals surface area contributed by atoms with Gasteiger partial charge in [0.15, 0.2) is 0 Å². The van der Waals surface area contributed by atoms with Crippen molar-refractivity contribution < 1.29 is 13.2 Å². The van der Waals surface area contributed by atoms with E-state index < -0.39 is 9.84 Å². The first-order valence-corrected chi connectivity index (χ1v) is 8.29. The molecule has 0 spiro atoms. The van der Waals surface area contributed by atoms with E-state index in [4.69, 9.17) is 0 Å². The van der Waals surface area contributed by atoms with Gasteiger partial charge in [-0.15, -0.1) is 0 Å². The van der Waals surface area contributed by atoms with Gasteiger partial charge in [-0.1, -0.05) is 19.1 Å². The molecule has 3 rings (SSSR count). The summed E-state index contributed by atoms with van der Waals surface area (Å²) in [6.07, 6.45) is 1.56. The van der Waals surface area contributed by atoms with Gasteiger partial charge in [0.2, 0.25) is 9.84 Å². The van der Waals surface area contributed by atoms with Gasteiger partial charge in [0.1, 0.15) is 6.29 Å². The van der Waals surface area contributed by atoms with E-state index >= 15 is 0 Å². The molecule has 0 atom stereocenters. The summed E-state index contributed by atoms with van der Waals surface area (Å²) in [5.74, 6) is 0. The van der Waals surface area contributed by atoms with Gasteiger partial charge in [-0.3, -0.25) is 4.79 Å². The first-order valence-electron chi connectivity index (χ1n) is 6.80. The zero-order valence-electron chi connectivity index (χ0n) is 11.6. The Kier molecular flexibility index (Phi) is 3.29.